The number of carbonyl (C=O) groups is 4. The molecule has 44 heavy (non-hydrogen) atoms. The predicted octanol–water partition coefficient (Wildman–Crippen LogP) is 5.68. The van der Waals surface area contributed by atoms with Crippen molar-refractivity contribution in [1.82, 2.24) is 15.1 Å². The molecular weight excluding hydrogens is 554 g/mol. The monoisotopic (exact) mass is 613 g/mol. The van der Waals surface area contributed by atoms with E-state index in [0.717, 1.165) is 70.6 Å². The lowest BCUT2D eigenvalue weighted by Gasteiger charge is -2.38. The number of hydrogen-bond acceptors (Lipinski definition) is 5. The maximum absolute atomic E-state index is 14.5. The molecule has 0 aromatic heterocycles. The molecule has 6 atom stereocenters. The van der Waals surface area contributed by atoms with Crippen molar-refractivity contribution in [3.05, 3.63) is 0 Å². The Hall–Kier alpha value is -1.96. The Bertz CT molecular complexity index is 1130. The van der Waals surface area contributed by atoms with Crippen molar-refractivity contribution >= 4 is 23.6 Å². The van der Waals surface area contributed by atoms with E-state index in [9.17, 15) is 24.3 Å². The van der Waals surface area contributed by atoms with E-state index in [1.807, 2.05) is 34.9 Å². The lowest BCUT2D eigenvalue weighted by Crippen LogP contribution is -2.54. The summed E-state index contributed by atoms with van der Waals surface area (Å²) >= 11 is 0. The number of aliphatic carboxylic acids is 1. The van der Waals surface area contributed by atoms with Crippen LogP contribution in [0.5, 0.6) is 0 Å². The van der Waals surface area contributed by atoms with E-state index in [1.165, 1.54) is 6.42 Å². The molecule has 4 saturated carbocycles. The fourth-order valence-electron chi connectivity index (χ4n) is 10.6. The first kappa shape index (κ1) is 33.4. The highest BCUT2D eigenvalue weighted by atomic mass is 16.4. The van der Waals surface area contributed by atoms with E-state index >= 15 is 0 Å². The quantitative estimate of drug-likeness (QED) is 0.347. The van der Waals surface area contributed by atoms with Gasteiger partial charge in [0, 0.05) is 30.3 Å². The third kappa shape index (κ3) is 5.43. The zero-order valence-corrected chi connectivity index (χ0v) is 28.5. The molecule has 2 spiro atoms. The summed E-state index contributed by atoms with van der Waals surface area (Å²) in [4.78, 5) is 59.1. The molecule has 1 saturated heterocycles. The third-order valence-electron chi connectivity index (χ3n) is 13.6. The molecule has 0 bridgehead atoms. The van der Waals surface area contributed by atoms with Crippen LogP contribution in [0.3, 0.4) is 0 Å². The molecule has 5 aliphatic rings. The molecule has 8 heteroatoms. The summed E-state index contributed by atoms with van der Waals surface area (Å²) in [5.74, 6) is -1.97. The van der Waals surface area contributed by atoms with Crippen LogP contribution in [0.15, 0.2) is 0 Å². The lowest BCUT2D eigenvalue weighted by atomic mass is 9.73. The van der Waals surface area contributed by atoms with Gasteiger partial charge in [0.25, 0.3) is 0 Å². The molecule has 0 radical (unpaired) electrons. The fraction of sp³-hybridized carbons (Fsp3) is 0.889. The first-order chi connectivity index (χ1) is 20.6. The van der Waals surface area contributed by atoms with Gasteiger partial charge in [-0.3, -0.25) is 14.4 Å². The van der Waals surface area contributed by atoms with Crippen molar-refractivity contribution in [3.63, 3.8) is 0 Å². The average molecular weight is 614 g/mol. The summed E-state index contributed by atoms with van der Waals surface area (Å²) < 4.78 is 0. The summed E-state index contributed by atoms with van der Waals surface area (Å²) in [6.45, 7) is 10.9. The minimum Gasteiger partial charge on any atom is -0.480 e. The largest absolute Gasteiger partial charge is 0.480 e. The number of likely N-dealkylation sites (tertiary alicyclic amines) is 1. The highest BCUT2D eigenvalue weighted by molar-refractivity contribution is 5.94. The van der Waals surface area contributed by atoms with Crippen molar-refractivity contribution in [2.45, 2.75) is 143 Å². The van der Waals surface area contributed by atoms with Crippen molar-refractivity contribution in [2.75, 3.05) is 20.6 Å². The van der Waals surface area contributed by atoms with Crippen LogP contribution in [0, 0.1) is 39.4 Å². The number of hydrogen-bond donors (Lipinski definition) is 2. The molecule has 2 N–H and O–H groups in total. The van der Waals surface area contributed by atoms with E-state index in [1.54, 1.807) is 4.90 Å². The molecule has 1 heterocycles. The van der Waals surface area contributed by atoms with Gasteiger partial charge in [0.05, 0.1) is 12.0 Å². The van der Waals surface area contributed by atoms with E-state index in [4.69, 9.17) is 0 Å². The first-order valence-electron chi connectivity index (χ1n) is 17.6. The van der Waals surface area contributed by atoms with Crippen LogP contribution in [0.1, 0.15) is 125 Å². The van der Waals surface area contributed by atoms with Crippen LogP contribution in [-0.2, 0) is 19.2 Å². The van der Waals surface area contributed by atoms with Gasteiger partial charge in [-0.1, -0.05) is 73.1 Å². The second kappa shape index (κ2) is 12.0. The molecule has 0 aromatic carbocycles. The number of carboxylic acids is 1. The third-order valence-corrected chi connectivity index (χ3v) is 13.6. The second-order valence-electron chi connectivity index (χ2n) is 17.1. The Morgan fingerprint density at radius 2 is 1.52 bits per heavy atom. The molecule has 5 rings (SSSR count). The summed E-state index contributed by atoms with van der Waals surface area (Å²) in [6.07, 6.45) is 12.9. The molecule has 1 aliphatic heterocycles. The molecule has 1 unspecified atom stereocenters. The Labute approximate surface area is 265 Å². The highest BCUT2D eigenvalue weighted by Crippen LogP contribution is 2.88. The standard InChI is InChI=1S/C36H59N3O5/c1-33(2,3)25(31(42)39-22-36(21-27(39)32(43)44)34(4,5)35(36)18-13-19-35)20-28(40)29(23-14-9-8-10-15-23)37-30(41)24-16-11-12-17-26(24)38(6)7/h23-27,29H,8-22H2,1-7H3,(H,37,41)(H,43,44)/t24-,25-,26?,27+,29+,36-/m1/s1. The van der Waals surface area contributed by atoms with Crippen molar-refractivity contribution in [2.24, 2.45) is 39.4 Å². The van der Waals surface area contributed by atoms with E-state index in [-0.39, 0.29) is 58.1 Å². The summed E-state index contributed by atoms with van der Waals surface area (Å²) in [5, 5.41) is 13.6. The van der Waals surface area contributed by atoms with Gasteiger partial charge < -0.3 is 20.2 Å². The molecule has 2 amide bonds. The molecular formula is C36H59N3O5. The Kier molecular flexibility index (Phi) is 9.11. The van der Waals surface area contributed by atoms with Crippen molar-refractivity contribution < 1.29 is 24.3 Å². The smallest absolute Gasteiger partial charge is 0.326 e. The number of amides is 2. The first-order valence-corrected chi connectivity index (χ1v) is 17.6. The van der Waals surface area contributed by atoms with Gasteiger partial charge in [-0.2, -0.15) is 0 Å². The van der Waals surface area contributed by atoms with Gasteiger partial charge in [-0.15, -0.1) is 0 Å². The maximum Gasteiger partial charge on any atom is 0.326 e. The average Bonchev–Trinajstić information content (AvgIpc) is 3.18. The van der Waals surface area contributed by atoms with Crippen LogP contribution < -0.4 is 5.32 Å². The minimum atomic E-state index is -0.943. The molecule has 5 fully saturated rings. The Morgan fingerprint density at radius 1 is 0.909 bits per heavy atom. The number of rotatable bonds is 9. The van der Waals surface area contributed by atoms with Crippen LogP contribution in [0.2, 0.25) is 0 Å². The van der Waals surface area contributed by atoms with Crippen LogP contribution in [0.25, 0.3) is 0 Å². The van der Waals surface area contributed by atoms with Gasteiger partial charge in [-0.05, 0) is 81.2 Å². The maximum atomic E-state index is 14.5. The van der Waals surface area contributed by atoms with Crippen LogP contribution >= 0.6 is 0 Å². The SMILES string of the molecule is CN(C)C1CCCC[C@H]1C(=O)N[C@H](C(=O)C[C@H](C(=O)N1C[C@]2(C[C@H]1C(=O)O)C(C)(C)C21CCC1)C(C)(C)C)C1CCCCC1. The van der Waals surface area contributed by atoms with Crippen molar-refractivity contribution in [1.29, 1.82) is 0 Å². The van der Waals surface area contributed by atoms with Crippen LogP contribution in [-0.4, -0.2) is 77.2 Å². The molecule has 8 nitrogen and oxygen atoms in total. The summed E-state index contributed by atoms with van der Waals surface area (Å²) in [5.41, 5.74) is -0.562. The number of nitrogens with zero attached hydrogens (tertiary/aromatic N) is 2. The number of nitrogens with one attached hydrogen (secondary N) is 1. The number of carbonyl (C=O) groups excluding carboxylic acids is 3. The van der Waals surface area contributed by atoms with E-state index < -0.39 is 29.4 Å². The second-order valence-corrected chi connectivity index (χ2v) is 17.1. The molecule has 248 valence electrons. The number of Topliss-reactive ketones (excluding diaryl/α,β-unsaturated/α-hetero) is 1. The number of fused-ring (bicyclic) bond motifs is 1. The predicted molar refractivity (Wildman–Crippen MR) is 171 cm³/mol. The lowest BCUT2D eigenvalue weighted by molar-refractivity contribution is -0.152. The number of carboxylic acid groups (broad SMARTS) is 1. The van der Waals surface area contributed by atoms with Gasteiger partial charge in [0.1, 0.15) is 6.04 Å². The zero-order chi connectivity index (χ0) is 32.2. The molecule has 4 aliphatic carbocycles. The van der Waals surface area contributed by atoms with Crippen LogP contribution in [0.4, 0.5) is 0 Å². The summed E-state index contributed by atoms with van der Waals surface area (Å²) in [7, 11) is 4.06. The minimum absolute atomic E-state index is 0.00786. The van der Waals surface area contributed by atoms with E-state index in [2.05, 4.69) is 24.1 Å². The highest BCUT2D eigenvalue weighted by Gasteiger charge is 2.85. The van der Waals surface area contributed by atoms with Gasteiger partial charge in [0.15, 0.2) is 5.78 Å². The van der Waals surface area contributed by atoms with Gasteiger partial charge in [0.2, 0.25) is 11.8 Å². The Morgan fingerprint density at radius 3 is 2.05 bits per heavy atom. The van der Waals surface area contributed by atoms with Gasteiger partial charge in [-0.25, -0.2) is 4.79 Å². The van der Waals surface area contributed by atoms with Gasteiger partial charge >= 0.3 is 5.97 Å². The normalized spacial score (nSPS) is 32.7. The zero-order valence-electron chi connectivity index (χ0n) is 28.5. The van der Waals surface area contributed by atoms with Crippen molar-refractivity contribution in [3.8, 4) is 0 Å². The molecule has 0 aromatic rings. The topological polar surface area (TPSA) is 107 Å². The summed E-state index contributed by atoms with van der Waals surface area (Å²) in [6, 6.07) is -1.30. The Balaban J connectivity index is 1.37. The fourth-order valence-corrected chi connectivity index (χ4v) is 10.6. The number of ketones is 1. The van der Waals surface area contributed by atoms with E-state index in [0.29, 0.717) is 13.0 Å².